The predicted octanol–water partition coefficient (Wildman–Crippen LogP) is 4.29. The van der Waals surface area contributed by atoms with Gasteiger partial charge in [0.2, 0.25) is 0 Å². The third-order valence-electron chi connectivity index (χ3n) is 3.76. The number of anilines is 1. The summed E-state index contributed by atoms with van der Waals surface area (Å²) in [6.45, 7) is 4.34. The van der Waals surface area contributed by atoms with Gasteiger partial charge < -0.3 is 15.2 Å². The number of aromatic hydroxyl groups is 1. The van der Waals surface area contributed by atoms with E-state index in [0.29, 0.717) is 24.3 Å². The van der Waals surface area contributed by atoms with E-state index < -0.39 is 0 Å². The fraction of sp³-hybridized carbons (Fsp3) is 0.250. The zero-order valence-electron chi connectivity index (χ0n) is 14.3. The molecule has 0 aliphatic rings. The SMILES string of the molecule is CCOc1cc(O)c(CC)cc1/C=C/C(=O)c1ccc(NC)cc1. The number of nitrogens with one attached hydrogen (secondary N) is 1. The molecule has 24 heavy (non-hydrogen) atoms. The summed E-state index contributed by atoms with van der Waals surface area (Å²) in [4.78, 5) is 12.3. The second-order valence-corrected chi connectivity index (χ2v) is 5.33. The van der Waals surface area contributed by atoms with Crippen molar-refractivity contribution >= 4 is 17.5 Å². The van der Waals surface area contributed by atoms with E-state index in [1.165, 1.54) is 6.08 Å². The van der Waals surface area contributed by atoms with Crippen molar-refractivity contribution in [3.63, 3.8) is 0 Å². The van der Waals surface area contributed by atoms with Gasteiger partial charge in [-0.3, -0.25) is 4.79 Å². The molecule has 0 heterocycles. The Labute approximate surface area is 142 Å². The molecule has 0 aliphatic carbocycles. The maximum absolute atomic E-state index is 12.3. The van der Waals surface area contributed by atoms with Gasteiger partial charge in [0, 0.05) is 29.9 Å². The number of hydrogen-bond acceptors (Lipinski definition) is 4. The lowest BCUT2D eigenvalue weighted by Crippen LogP contribution is -1.97. The number of carbonyl (C=O) groups is 1. The summed E-state index contributed by atoms with van der Waals surface area (Å²) >= 11 is 0. The molecule has 4 nitrogen and oxygen atoms in total. The molecule has 2 aromatic carbocycles. The molecule has 0 unspecified atom stereocenters. The average Bonchev–Trinajstić information content (AvgIpc) is 2.61. The average molecular weight is 325 g/mol. The predicted molar refractivity (Wildman–Crippen MR) is 98.0 cm³/mol. The maximum atomic E-state index is 12.3. The molecule has 0 spiro atoms. The van der Waals surface area contributed by atoms with Crippen LogP contribution in [0.3, 0.4) is 0 Å². The van der Waals surface area contributed by atoms with E-state index in [-0.39, 0.29) is 11.5 Å². The number of ketones is 1. The summed E-state index contributed by atoms with van der Waals surface area (Å²) in [5.74, 6) is 0.708. The van der Waals surface area contributed by atoms with Crippen molar-refractivity contribution < 1.29 is 14.6 Å². The highest BCUT2D eigenvalue weighted by molar-refractivity contribution is 6.07. The minimum atomic E-state index is -0.0776. The quantitative estimate of drug-likeness (QED) is 0.589. The third-order valence-corrected chi connectivity index (χ3v) is 3.76. The standard InChI is InChI=1S/C20H23NO3/c1-4-14-12-16(20(24-5-2)13-19(14)23)8-11-18(22)15-6-9-17(21-3)10-7-15/h6-13,21,23H,4-5H2,1-3H3/b11-8+. The maximum Gasteiger partial charge on any atom is 0.185 e. The van der Waals surface area contributed by atoms with Gasteiger partial charge in [0.1, 0.15) is 11.5 Å². The van der Waals surface area contributed by atoms with Crippen molar-refractivity contribution in [2.75, 3.05) is 19.0 Å². The number of allylic oxidation sites excluding steroid dienone is 1. The van der Waals surface area contributed by atoms with Gasteiger partial charge in [0.05, 0.1) is 6.61 Å². The van der Waals surface area contributed by atoms with Gasteiger partial charge in [-0.15, -0.1) is 0 Å². The van der Waals surface area contributed by atoms with Gasteiger partial charge in [-0.2, -0.15) is 0 Å². The van der Waals surface area contributed by atoms with E-state index >= 15 is 0 Å². The summed E-state index contributed by atoms with van der Waals surface area (Å²) in [6.07, 6.45) is 3.97. The molecule has 2 N–H and O–H groups in total. The van der Waals surface area contributed by atoms with Gasteiger partial charge in [-0.1, -0.05) is 6.92 Å². The highest BCUT2D eigenvalue weighted by Crippen LogP contribution is 2.30. The van der Waals surface area contributed by atoms with Crippen LogP contribution in [-0.2, 0) is 6.42 Å². The van der Waals surface area contributed by atoms with E-state index in [9.17, 15) is 9.90 Å². The van der Waals surface area contributed by atoms with E-state index in [4.69, 9.17) is 4.74 Å². The number of phenols is 1. The Bertz CT molecular complexity index is 733. The lowest BCUT2D eigenvalue weighted by Gasteiger charge is -2.11. The van der Waals surface area contributed by atoms with Crippen molar-refractivity contribution in [3.8, 4) is 11.5 Å². The molecule has 0 amide bonds. The van der Waals surface area contributed by atoms with Crippen LogP contribution in [0.1, 0.15) is 35.3 Å². The number of carbonyl (C=O) groups excluding carboxylic acids is 1. The Hall–Kier alpha value is -2.75. The molecule has 2 aromatic rings. The molecule has 0 fully saturated rings. The van der Waals surface area contributed by atoms with Gasteiger partial charge in [0.15, 0.2) is 5.78 Å². The number of benzene rings is 2. The van der Waals surface area contributed by atoms with Crippen molar-refractivity contribution in [2.45, 2.75) is 20.3 Å². The molecule has 0 radical (unpaired) electrons. The highest BCUT2D eigenvalue weighted by atomic mass is 16.5. The number of phenolic OH excluding ortho intramolecular Hbond substituents is 1. The first-order valence-electron chi connectivity index (χ1n) is 8.08. The highest BCUT2D eigenvalue weighted by Gasteiger charge is 2.08. The van der Waals surface area contributed by atoms with E-state index in [1.807, 2.05) is 39.1 Å². The Morgan fingerprint density at radius 1 is 1.21 bits per heavy atom. The van der Waals surface area contributed by atoms with Crippen molar-refractivity contribution in [3.05, 3.63) is 59.2 Å². The van der Waals surface area contributed by atoms with Crippen molar-refractivity contribution in [1.82, 2.24) is 0 Å². The summed E-state index contributed by atoms with van der Waals surface area (Å²) in [5, 5.41) is 13.0. The van der Waals surface area contributed by atoms with Gasteiger partial charge in [-0.25, -0.2) is 0 Å². The Morgan fingerprint density at radius 2 is 1.92 bits per heavy atom. The lowest BCUT2D eigenvalue weighted by molar-refractivity contribution is 0.104. The first-order valence-corrected chi connectivity index (χ1v) is 8.08. The fourth-order valence-electron chi connectivity index (χ4n) is 2.39. The monoisotopic (exact) mass is 325 g/mol. The Balaban J connectivity index is 2.27. The first kappa shape index (κ1) is 17.6. The van der Waals surface area contributed by atoms with Crippen LogP contribution in [0.2, 0.25) is 0 Å². The minimum absolute atomic E-state index is 0.0776. The van der Waals surface area contributed by atoms with E-state index in [1.54, 1.807) is 24.3 Å². The van der Waals surface area contributed by atoms with Crippen molar-refractivity contribution in [1.29, 1.82) is 0 Å². The van der Waals surface area contributed by atoms with E-state index in [2.05, 4.69) is 5.32 Å². The minimum Gasteiger partial charge on any atom is -0.508 e. The normalized spacial score (nSPS) is 10.8. The molecule has 0 saturated heterocycles. The molecule has 126 valence electrons. The van der Waals surface area contributed by atoms with Crippen molar-refractivity contribution in [2.24, 2.45) is 0 Å². The largest absolute Gasteiger partial charge is 0.508 e. The first-order chi connectivity index (χ1) is 11.6. The van der Waals surface area contributed by atoms with Crippen LogP contribution in [0.4, 0.5) is 5.69 Å². The molecular weight excluding hydrogens is 302 g/mol. The molecule has 0 saturated carbocycles. The number of hydrogen-bond donors (Lipinski definition) is 2. The smallest absolute Gasteiger partial charge is 0.185 e. The Kier molecular flexibility index (Phi) is 6.01. The van der Waals surface area contributed by atoms with Crippen LogP contribution in [0.25, 0.3) is 6.08 Å². The fourth-order valence-corrected chi connectivity index (χ4v) is 2.39. The molecule has 0 aromatic heterocycles. The van der Waals surface area contributed by atoms with Crippen LogP contribution >= 0.6 is 0 Å². The van der Waals surface area contributed by atoms with E-state index in [0.717, 1.165) is 16.8 Å². The Morgan fingerprint density at radius 3 is 2.50 bits per heavy atom. The number of aryl methyl sites for hydroxylation is 1. The van der Waals surface area contributed by atoms with Crippen LogP contribution in [0.15, 0.2) is 42.5 Å². The summed E-state index contributed by atoms with van der Waals surface area (Å²) < 4.78 is 5.55. The van der Waals surface area contributed by atoms with Gasteiger partial charge in [0.25, 0.3) is 0 Å². The van der Waals surface area contributed by atoms with Crippen LogP contribution < -0.4 is 10.1 Å². The molecule has 2 rings (SSSR count). The van der Waals surface area contributed by atoms with Crippen LogP contribution in [0.5, 0.6) is 11.5 Å². The second kappa shape index (κ2) is 8.20. The third kappa shape index (κ3) is 4.16. The molecular formula is C20H23NO3. The molecule has 0 atom stereocenters. The van der Waals surface area contributed by atoms with Crippen LogP contribution in [-0.4, -0.2) is 24.5 Å². The topological polar surface area (TPSA) is 58.6 Å². The summed E-state index contributed by atoms with van der Waals surface area (Å²) in [5.41, 5.74) is 3.19. The van der Waals surface area contributed by atoms with Gasteiger partial charge >= 0.3 is 0 Å². The summed E-state index contributed by atoms with van der Waals surface area (Å²) in [7, 11) is 1.84. The molecule has 0 bridgehead atoms. The van der Waals surface area contributed by atoms with Crippen LogP contribution in [0, 0.1) is 0 Å². The van der Waals surface area contributed by atoms with Gasteiger partial charge in [-0.05, 0) is 61.4 Å². The molecule has 0 aliphatic heterocycles. The summed E-state index contributed by atoms with van der Waals surface area (Å²) in [6, 6.07) is 10.8. The lowest BCUT2D eigenvalue weighted by atomic mass is 10.0. The zero-order chi connectivity index (χ0) is 17.5. The second-order valence-electron chi connectivity index (χ2n) is 5.33. The molecule has 4 heteroatoms. The zero-order valence-corrected chi connectivity index (χ0v) is 14.3. The number of ether oxygens (including phenoxy) is 1. The number of rotatable bonds is 7.